The van der Waals surface area contributed by atoms with Gasteiger partial charge in [0.2, 0.25) is 5.91 Å². The number of aryl methyl sites for hydroxylation is 1. The number of hydrogen-bond acceptors (Lipinski definition) is 4. The summed E-state index contributed by atoms with van der Waals surface area (Å²) in [5.74, 6) is 1.56. The Morgan fingerprint density at radius 3 is 2.34 bits per heavy atom. The molecule has 0 saturated carbocycles. The normalized spacial score (nSPS) is 18.2. The Kier molecular flexibility index (Phi) is 6.05. The summed E-state index contributed by atoms with van der Waals surface area (Å²) < 4.78 is 1.94. The van der Waals surface area contributed by atoms with Gasteiger partial charge in [0.1, 0.15) is 5.82 Å². The molecule has 2 aromatic heterocycles. The van der Waals surface area contributed by atoms with Crippen molar-refractivity contribution in [3.63, 3.8) is 0 Å². The first-order valence-electron chi connectivity index (χ1n) is 11.8. The maximum absolute atomic E-state index is 13.1. The number of benzene rings is 1. The van der Waals surface area contributed by atoms with E-state index in [9.17, 15) is 4.79 Å². The Morgan fingerprint density at radius 2 is 1.66 bits per heavy atom. The van der Waals surface area contributed by atoms with E-state index >= 15 is 0 Å². The molecule has 0 unspecified atom stereocenters. The van der Waals surface area contributed by atoms with Gasteiger partial charge in [-0.15, -0.1) is 0 Å². The van der Waals surface area contributed by atoms with E-state index in [1.165, 1.54) is 12.8 Å². The summed E-state index contributed by atoms with van der Waals surface area (Å²) in [4.78, 5) is 22.2. The average Bonchev–Trinajstić information content (AvgIpc) is 3.04. The van der Waals surface area contributed by atoms with Crippen molar-refractivity contribution in [3.8, 4) is 11.3 Å². The second-order valence-electron chi connectivity index (χ2n) is 9.06. The molecule has 168 valence electrons. The van der Waals surface area contributed by atoms with Gasteiger partial charge < -0.3 is 9.80 Å². The number of anilines is 1. The Labute approximate surface area is 194 Å². The Morgan fingerprint density at radius 1 is 0.969 bits per heavy atom. The molecule has 6 nitrogen and oxygen atoms in total. The Balaban J connectivity index is 1.35. The van der Waals surface area contributed by atoms with Crippen molar-refractivity contribution in [2.24, 2.45) is 5.92 Å². The minimum absolute atomic E-state index is 0.144. The number of piperidine rings is 1. The van der Waals surface area contributed by atoms with Gasteiger partial charge in [-0.25, -0.2) is 4.98 Å². The molecule has 0 N–H and O–H groups in total. The van der Waals surface area contributed by atoms with Gasteiger partial charge in [-0.1, -0.05) is 36.6 Å². The summed E-state index contributed by atoms with van der Waals surface area (Å²) in [5, 5.41) is 5.57. The molecule has 1 amide bonds. The quantitative estimate of drug-likeness (QED) is 0.563. The number of fused-ring (bicyclic) bond motifs is 1. The predicted molar refractivity (Wildman–Crippen MR) is 128 cm³/mol. The van der Waals surface area contributed by atoms with Crippen molar-refractivity contribution in [1.29, 1.82) is 0 Å². The van der Waals surface area contributed by atoms with Gasteiger partial charge in [-0.3, -0.25) is 4.79 Å². The van der Waals surface area contributed by atoms with Gasteiger partial charge >= 0.3 is 0 Å². The molecule has 4 heterocycles. The molecule has 2 saturated heterocycles. The molecule has 2 aliphatic rings. The van der Waals surface area contributed by atoms with Crippen LogP contribution in [-0.4, -0.2) is 51.6 Å². The highest BCUT2D eigenvalue weighted by atomic mass is 35.5. The van der Waals surface area contributed by atoms with Crippen molar-refractivity contribution in [2.45, 2.75) is 45.4 Å². The van der Waals surface area contributed by atoms with Crippen LogP contribution < -0.4 is 4.90 Å². The zero-order chi connectivity index (χ0) is 22.1. The van der Waals surface area contributed by atoms with E-state index in [4.69, 9.17) is 21.7 Å². The highest BCUT2D eigenvalue weighted by Crippen LogP contribution is 2.28. The number of nitrogens with zero attached hydrogens (tertiary/aromatic N) is 5. The third kappa shape index (κ3) is 4.33. The highest BCUT2D eigenvalue weighted by Gasteiger charge is 2.30. The molecule has 7 heteroatoms. The lowest BCUT2D eigenvalue weighted by molar-refractivity contribution is -0.136. The molecule has 0 bridgehead atoms. The minimum atomic E-state index is 0.144. The van der Waals surface area contributed by atoms with E-state index in [1.54, 1.807) is 0 Å². The molecular weight excluding hydrogens is 422 g/mol. The molecule has 0 spiro atoms. The predicted octanol–water partition coefficient (Wildman–Crippen LogP) is 4.98. The van der Waals surface area contributed by atoms with Crippen LogP contribution in [0.4, 0.5) is 5.82 Å². The van der Waals surface area contributed by atoms with E-state index in [0.29, 0.717) is 10.9 Å². The summed E-state index contributed by atoms with van der Waals surface area (Å²) >= 11 is 6.05. The number of halogens is 1. The Hall–Kier alpha value is -2.60. The molecule has 0 atom stereocenters. The van der Waals surface area contributed by atoms with Gasteiger partial charge in [0, 0.05) is 60.5 Å². The first-order valence-corrected chi connectivity index (χ1v) is 12.1. The van der Waals surface area contributed by atoms with Gasteiger partial charge in [0.15, 0.2) is 5.65 Å². The second-order valence-corrected chi connectivity index (χ2v) is 9.50. The smallest absolute Gasteiger partial charge is 0.225 e. The largest absolute Gasteiger partial charge is 0.356 e. The highest BCUT2D eigenvalue weighted by molar-refractivity contribution is 6.30. The van der Waals surface area contributed by atoms with E-state index in [0.717, 1.165) is 80.3 Å². The topological polar surface area (TPSA) is 53.7 Å². The van der Waals surface area contributed by atoms with Crippen LogP contribution in [0, 0.1) is 12.8 Å². The van der Waals surface area contributed by atoms with Crippen LogP contribution in [0.1, 0.15) is 44.2 Å². The van der Waals surface area contributed by atoms with Gasteiger partial charge in [-0.2, -0.15) is 9.61 Å². The van der Waals surface area contributed by atoms with Crippen LogP contribution in [0.3, 0.4) is 0 Å². The number of carbonyl (C=O) groups is 1. The molecule has 0 aliphatic carbocycles. The van der Waals surface area contributed by atoms with Crippen molar-refractivity contribution < 1.29 is 4.79 Å². The maximum Gasteiger partial charge on any atom is 0.225 e. The molecule has 1 aromatic carbocycles. The summed E-state index contributed by atoms with van der Waals surface area (Å²) in [6, 6.07) is 11.9. The number of amides is 1. The minimum Gasteiger partial charge on any atom is -0.356 e. The van der Waals surface area contributed by atoms with Crippen LogP contribution in [0.2, 0.25) is 5.02 Å². The Bertz CT molecular complexity index is 1090. The van der Waals surface area contributed by atoms with Crippen LogP contribution in [0.15, 0.2) is 36.4 Å². The fourth-order valence-electron chi connectivity index (χ4n) is 4.97. The summed E-state index contributed by atoms with van der Waals surface area (Å²) in [7, 11) is 0. The van der Waals surface area contributed by atoms with Crippen molar-refractivity contribution in [2.75, 3.05) is 31.1 Å². The molecular formula is C25H30ClN5O. The first-order chi connectivity index (χ1) is 15.6. The third-order valence-corrected chi connectivity index (χ3v) is 7.01. The summed E-state index contributed by atoms with van der Waals surface area (Å²) in [6.45, 7) is 5.61. The van der Waals surface area contributed by atoms with Crippen LogP contribution >= 0.6 is 11.6 Å². The monoisotopic (exact) mass is 451 g/mol. The lowest BCUT2D eigenvalue weighted by Gasteiger charge is -2.35. The van der Waals surface area contributed by atoms with Crippen molar-refractivity contribution in [3.05, 3.63) is 47.1 Å². The van der Waals surface area contributed by atoms with E-state index in [2.05, 4.69) is 15.9 Å². The molecule has 2 fully saturated rings. The standard InChI is InChI=1S/C25H30ClN5O/c1-18-16-24(31-23(27-18)17-22(28-31)19-6-8-21(26)9-7-19)29-14-10-20(11-15-29)25(32)30-12-4-2-3-5-13-30/h6-9,16-17,20H,2-5,10-15H2,1H3. The van der Waals surface area contributed by atoms with Crippen molar-refractivity contribution in [1.82, 2.24) is 19.5 Å². The van der Waals surface area contributed by atoms with Gasteiger partial charge in [0.05, 0.1) is 5.69 Å². The van der Waals surface area contributed by atoms with E-state index < -0.39 is 0 Å². The van der Waals surface area contributed by atoms with E-state index in [-0.39, 0.29) is 5.92 Å². The molecule has 32 heavy (non-hydrogen) atoms. The average molecular weight is 452 g/mol. The molecule has 0 radical (unpaired) electrons. The zero-order valence-electron chi connectivity index (χ0n) is 18.6. The number of likely N-dealkylation sites (tertiary alicyclic amines) is 1. The third-order valence-electron chi connectivity index (χ3n) is 6.76. The molecule has 3 aromatic rings. The van der Waals surface area contributed by atoms with Gasteiger partial charge in [-0.05, 0) is 44.7 Å². The fraction of sp³-hybridized carbons (Fsp3) is 0.480. The lowest BCUT2D eigenvalue weighted by atomic mass is 9.95. The van der Waals surface area contributed by atoms with Crippen LogP contribution in [0.5, 0.6) is 0 Å². The summed E-state index contributed by atoms with van der Waals surface area (Å²) in [5.41, 5.74) is 3.71. The fourth-order valence-corrected chi connectivity index (χ4v) is 5.10. The zero-order valence-corrected chi connectivity index (χ0v) is 19.4. The maximum atomic E-state index is 13.1. The number of hydrogen-bond donors (Lipinski definition) is 0. The van der Waals surface area contributed by atoms with Gasteiger partial charge in [0.25, 0.3) is 0 Å². The summed E-state index contributed by atoms with van der Waals surface area (Å²) in [6.07, 6.45) is 6.58. The molecule has 5 rings (SSSR count). The molecule has 2 aliphatic heterocycles. The SMILES string of the molecule is Cc1cc(N2CCC(C(=O)N3CCCCCC3)CC2)n2nc(-c3ccc(Cl)cc3)cc2n1. The van der Waals surface area contributed by atoms with Crippen LogP contribution in [0.25, 0.3) is 16.9 Å². The van der Waals surface area contributed by atoms with Crippen molar-refractivity contribution >= 4 is 29.0 Å². The number of aromatic nitrogens is 3. The number of carbonyl (C=O) groups excluding carboxylic acids is 1. The van der Waals surface area contributed by atoms with E-state index in [1.807, 2.05) is 41.8 Å². The van der Waals surface area contributed by atoms with Crippen LogP contribution in [-0.2, 0) is 4.79 Å². The second kappa shape index (κ2) is 9.10. The number of rotatable bonds is 3. The first kappa shape index (κ1) is 21.3. The lowest BCUT2D eigenvalue weighted by Crippen LogP contribution is -2.43.